The van der Waals surface area contributed by atoms with Gasteiger partial charge in [0.1, 0.15) is 12.2 Å². The summed E-state index contributed by atoms with van der Waals surface area (Å²) in [7, 11) is 0. The Bertz CT molecular complexity index is 122. The van der Waals surface area contributed by atoms with Gasteiger partial charge in [0.2, 0.25) is 0 Å². The van der Waals surface area contributed by atoms with Gasteiger partial charge in [0.15, 0.2) is 0 Å². The molecule has 0 aromatic rings. The van der Waals surface area contributed by atoms with Crippen LogP contribution in [0.2, 0.25) is 0 Å². The fraction of sp³-hybridized carbons (Fsp3) is 0.667. The monoisotopic (exact) mass is 325 g/mol. The van der Waals surface area contributed by atoms with Crippen molar-refractivity contribution in [2.24, 2.45) is 0 Å². The second-order valence-electron chi connectivity index (χ2n) is 1.68. The molecule has 10 heavy (non-hydrogen) atoms. The molecule has 0 heterocycles. The van der Waals surface area contributed by atoms with Crippen LogP contribution < -0.4 is 0 Å². The fourth-order valence-electron chi connectivity index (χ4n) is 0.415. The smallest absolute Gasteiger partial charge is 0.313 e. The third kappa shape index (κ3) is 7.83. The number of hydrogen-bond donors (Lipinski definition) is 0. The molecule has 0 aromatic carbocycles. The Labute approximate surface area is 74.4 Å². The predicted octanol–water partition coefficient (Wildman–Crippen LogP) is 0.526. The van der Waals surface area contributed by atoms with Crippen LogP contribution >= 0.6 is 0 Å². The van der Waals surface area contributed by atoms with E-state index in [1.165, 1.54) is 6.92 Å². The van der Waals surface area contributed by atoms with Gasteiger partial charge in [-0.2, -0.15) is 0 Å². The molecule has 0 aliphatic heterocycles. The second kappa shape index (κ2) is 6.94. The summed E-state index contributed by atoms with van der Waals surface area (Å²) < 4.78 is 4.49. The molecule has 62 valence electrons. The van der Waals surface area contributed by atoms with E-state index >= 15 is 0 Å². The summed E-state index contributed by atoms with van der Waals surface area (Å²) in [6.45, 7) is 3.40. The van der Waals surface area contributed by atoms with Crippen LogP contribution in [-0.2, 0) is 35.4 Å². The molecular formula is C6H10O3Pt. The summed E-state index contributed by atoms with van der Waals surface area (Å²) in [5.74, 6) is -0.599. The van der Waals surface area contributed by atoms with Crippen LogP contribution in [0.25, 0.3) is 0 Å². The van der Waals surface area contributed by atoms with Crippen LogP contribution in [0.1, 0.15) is 20.3 Å². The SMILES string of the molecule is CCOC(=O)CC(C)=O.[Pt]. The molecule has 4 heteroatoms. The Morgan fingerprint density at radius 1 is 1.40 bits per heavy atom. The van der Waals surface area contributed by atoms with Crippen molar-refractivity contribution in [3.8, 4) is 0 Å². The van der Waals surface area contributed by atoms with Gasteiger partial charge in [-0.3, -0.25) is 9.59 Å². The van der Waals surface area contributed by atoms with Crippen molar-refractivity contribution in [2.75, 3.05) is 6.61 Å². The first-order chi connectivity index (χ1) is 4.16. The summed E-state index contributed by atoms with van der Waals surface area (Å²) in [4.78, 5) is 20.6. The molecule has 0 aromatic heterocycles. The molecule has 0 rings (SSSR count). The molecular weight excluding hydrogens is 315 g/mol. The maximum atomic E-state index is 10.4. The molecule has 0 N–H and O–H groups in total. The number of ether oxygens (including phenoxy) is 1. The van der Waals surface area contributed by atoms with E-state index in [4.69, 9.17) is 0 Å². The normalized spacial score (nSPS) is 7.80. The van der Waals surface area contributed by atoms with E-state index in [9.17, 15) is 9.59 Å². The summed E-state index contributed by atoms with van der Waals surface area (Å²) in [6.07, 6.45) is -0.103. The largest absolute Gasteiger partial charge is 0.466 e. The minimum atomic E-state index is -0.440. The van der Waals surface area contributed by atoms with E-state index in [0.717, 1.165) is 0 Å². The van der Waals surface area contributed by atoms with Crippen molar-refractivity contribution in [3.63, 3.8) is 0 Å². The number of ketones is 1. The predicted molar refractivity (Wildman–Crippen MR) is 31.9 cm³/mol. The van der Waals surface area contributed by atoms with Crippen molar-refractivity contribution < 1.29 is 35.4 Å². The van der Waals surface area contributed by atoms with E-state index in [-0.39, 0.29) is 33.3 Å². The molecule has 0 atom stereocenters. The number of Topliss-reactive ketones (excluding diaryl/α,β-unsaturated/α-hetero) is 1. The Kier molecular flexibility index (Phi) is 8.68. The Morgan fingerprint density at radius 3 is 2.20 bits per heavy atom. The van der Waals surface area contributed by atoms with Crippen molar-refractivity contribution in [1.82, 2.24) is 0 Å². The van der Waals surface area contributed by atoms with Crippen LogP contribution in [0.5, 0.6) is 0 Å². The van der Waals surface area contributed by atoms with Gasteiger partial charge < -0.3 is 4.74 Å². The molecule has 0 aliphatic rings. The Morgan fingerprint density at radius 2 is 1.90 bits per heavy atom. The van der Waals surface area contributed by atoms with Gasteiger partial charge in [-0.05, 0) is 13.8 Å². The van der Waals surface area contributed by atoms with Crippen LogP contribution in [0.15, 0.2) is 0 Å². The quantitative estimate of drug-likeness (QED) is 0.561. The average Bonchev–Trinajstić information content (AvgIpc) is 1.63. The van der Waals surface area contributed by atoms with Crippen LogP contribution in [0.4, 0.5) is 0 Å². The molecule has 0 bridgehead atoms. The average molecular weight is 325 g/mol. The maximum absolute atomic E-state index is 10.4. The summed E-state index contributed by atoms with van der Waals surface area (Å²) >= 11 is 0. The van der Waals surface area contributed by atoms with E-state index in [2.05, 4.69) is 4.74 Å². The molecule has 0 amide bonds. The van der Waals surface area contributed by atoms with E-state index in [1.54, 1.807) is 6.92 Å². The third-order valence-corrected chi connectivity index (χ3v) is 0.699. The molecule has 0 spiro atoms. The van der Waals surface area contributed by atoms with Crippen molar-refractivity contribution >= 4 is 11.8 Å². The number of carbonyl (C=O) groups excluding carboxylic acids is 2. The van der Waals surface area contributed by atoms with E-state index in [1.807, 2.05) is 0 Å². The number of rotatable bonds is 3. The molecule has 0 saturated heterocycles. The van der Waals surface area contributed by atoms with Crippen LogP contribution in [0, 0.1) is 0 Å². The standard InChI is InChI=1S/C6H10O3.Pt/c1-3-9-6(8)4-5(2)7;/h3-4H2,1-2H3;. The van der Waals surface area contributed by atoms with Gasteiger partial charge in [0.05, 0.1) is 6.61 Å². The van der Waals surface area contributed by atoms with E-state index in [0.29, 0.717) is 6.61 Å². The van der Waals surface area contributed by atoms with Crippen molar-refractivity contribution in [3.05, 3.63) is 0 Å². The first-order valence-corrected chi connectivity index (χ1v) is 2.82. The maximum Gasteiger partial charge on any atom is 0.313 e. The summed E-state index contributed by atoms with van der Waals surface area (Å²) in [5.41, 5.74) is 0. The topological polar surface area (TPSA) is 43.4 Å². The molecule has 0 saturated carbocycles. The Balaban J connectivity index is 0. The molecule has 0 fully saturated rings. The number of esters is 1. The van der Waals surface area contributed by atoms with Crippen LogP contribution in [-0.4, -0.2) is 18.4 Å². The molecule has 0 radical (unpaired) electrons. The van der Waals surface area contributed by atoms with E-state index < -0.39 is 5.97 Å². The van der Waals surface area contributed by atoms with Crippen molar-refractivity contribution in [1.29, 1.82) is 0 Å². The van der Waals surface area contributed by atoms with Gasteiger partial charge in [0.25, 0.3) is 0 Å². The zero-order chi connectivity index (χ0) is 7.28. The zero-order valence-corrected chi connectivity index (χ0v) is 8.23. The van der Waals surface area contributed by atoms with Gasteiger partial charge in [0, 0.05) is 21.1 Å². The van der Waals surface area contributed by atoms with Gasteiger partial charge in [-0.15, -0.1) is 0 Å². The fourth-order valence-corrected chi connectivity index (χ4v) is 0.415. The minimum Gasteiger partial charge on any atom is -0.466 e. The van der Waals surface area contributed by atoms with Gasteiger partial charge >= 0.3 is 5.97 Å². The van der Waals surface area contributed by atoms with Gasteiger partial charge in [-0.1, -0.05) is 0 Å². The number of hydrogen-bond acceptors (Lipinski definition) is 3. The first kappa shape index (κ1) is 12.5. The number of carbonyl (C=O) groups is 2. The summed E-state index contributed by atoms with van der Waals surface area (Å²) in [6, 6.07) is 0. The Hall–Kier alpha value is -0.172. The molecule has 0 aliphatic carbocycles. The van der Waals surface area contributed by atoms with Gasteiger partial charge in [-0.25, -0.2) is 0 Å². The summed E-state index contributed by atoms with van der Waals surface area (Å²) in [5, 5.41) is 0. The first-order valence-electron chi connectivity index (χ1n) is 2.82. The molecule has 3 nitrogen and oxygen atoms in total. The van der Waals surface area contributed by atoms with Crippen LogP contribution in [0.3, 0.4) is 0 Å². The third-order valence-electron chi connectivity index (χ3n) is 0.699. The minimum absolute atomic E-state index is 0. The molecule has 0 unspecified atom stereocenters. The second-order valence-corrected chi connectivity index (χ2v) is 1.68. The zero-order valence-electron chi connectivity index (χ0n) is 5.96. The van der Waals surface area contributed by atoms with Crippen molar-refractivity contribution in [2.45, 2.75) is 20.3 Å².